The zero-order chi connectivity index (χ0) is 16.8. The van der Waals surface area contributed by atoms with E-state index in [4.69, 9.17) is 14.2 Å². The van der Waals surface area contributed by atoms with Crippen LogP contribution in [0.4, 0.5) is 0 Å². The molecule has 0 unspecified atom stereocenters. The first-order chi connectivity index (χ1) is 11.7. The second kappa shape index (κ2) is 7.97. The molecule has 0 aromatic carbocycles. The van der Waals surface area contributed by atoms with E-state index in [1.165, 1.54) is 39.2 Å². The SMILES string of the molecule is COC(=O)C1(c2ccc(OCC3CCCCC3)nc2)CCOCC1. The second-order valence-corrected chi connectivity index (χ2v) is 6.89. The average molecular weight is 333 g/mol. The lowest BCUT2D eigenvalue weighted by atomic mass is 9.75. The standard InChI is InChI=1S/C19H27NO4/c1-22-18(21)19(9-11-23-12-10-19)16-7-8-17(20-13-16)24-14-15-5-3-2-4-6-15/h7-8,13,15H,2-6,9-12,14H2,1H3. The summed E-state index contributed by atoms with van der Waals surface area (Å²) >= 11 is 0. The van der Waals surface area contributed by atoms with Gasteiger partial charge in [-0.25, -0.2) is 4.98 Å². The molecule has 1 aliphatic carbocycles. The van der Waals surface area contributed by atoms with E-state index in [0.29, 0.717) is 37.9 Å². The van der Waals surface area contributed by atoms with Crippen LogP contribution in [0.2, 0.25) is 0 Å². The molecular weight excluding hydrogens is 306 g/mol. The van der Waals surface area contributed by atoms with Crippen molar-refractivity contribution in [3.8, 4) is 5.88 Å². The minimum absolute atomic E-state index is 0.205. The molecule has 1 aromatic rings. The third kappa shape index (κ3) is 3.72. The zero-order valence-electron chi connectivity index (χ0n) is 14.5. The molecule has 0 atom stereocenters. The maximum Gasteiger partial charge on any atom is 0.316 e. The Labute approximate surface area is 143 Å². The number of methoxy groups -OCH3 is 1. The van der Waals surface area contributed by atoms with Gasteiger partial charge in [0.1, 0.15) is 0 Å². The molecule has 0 spiro atoms. The van der Waals surface area contributed by atoms with Crippen LogP contribution in [0, 0.1) is 5.92 Å². The highest BCUT2D eigenvalue weighted by Crippen LogP contribution is 2.36. The fraction of sp³-hybridized carbons (Fsp3) is 0.684. The predicted octanol–water partition coefficient (Wildman–Crippen LogP) is 3.26. The molecule has 2 aliphatic rings. The minimum Gasteiger partial charge on any atom is -0.477 e. The van der Waals surface area contributed by atoms with Gasteiger partial charge in [0, 0.05) is 25.5 Å². The zero-order valence-corrected chi connectivity index (χ0v) is 14.5. The molecule has 0 amide bonds. The van der Waals surface area contributed by atoms with Crippen LogP contribution in [0.1, 0.15) is 50.5 Å². The Balaban J connectivity index is 1.66. The number of hydrogen-bond acceptors (Lipinski definition) is 5. The van der Waals surface area contributed by atoms with E-state index in [1.807, 2.05) is 12.1 Å². The van der Waals surface area contributed by atoms with Crippen molar-refractivity contribution in [2.45, 2.75) is 50.4 Å². The Bertz CT molecular complexity index is 531. The van der Waals surface area contributed by atoms with E-state index in [2.05, 4.69) is 4.98 Å². The maximum atomic E-state index is 12.4. The average Bonchev–Trinajstić information content (AvgIpc) is 2.67. The van der Waals surface area contributed by atoms with Crippen molar-refractivity contribution < 1.29 is 19.0 Å². The lowest BCUT2D eigenvalue weighted by Gasteiger charge is -2.34. The van der Waals surface area contributed by atoms with Crippen molar-refractivity contribution in [2.24, 2.45) is 5.92 Å². The van der Waals surface area contributed by atoms with Gasteiger partial charge in [0.15, 0.2) is 0 Å². The number of hydrogen-bond donors (Lipinski definition) is 0. The highest BCUT2D eigenvalue weighted by molar-refractivity contribution is 5.83. The number of esters is 1. The monoisotopic (exact) mass is 333 g/mol. The van der Waals surface area contributed by atoms with E-state index < -0.39 is 5.41 Å². The van der Waals surface area contributed by atoms with Crippen molar-refractivity contribution in [3.05, 3.63) is 23.9 Å². The fourth-order valence-corrected chi connectivity index (χ4v) is 3.83. The highest BCUT2D eigenvalue weighted by Gasteiger charge is 2.43. The summed E-state index contributed by atoms with van der Waals surface area (Å²) in [6.45, 7) is 1.87. The summed E-state index contributed by atoms with van der Waals surface area (Å²) < 4.78 is 16.3. The van der Waals surface area contributed by atoms with Crippen molar-refractivity contribution in [1.82, 2.24) is 4.98 Å². The molecule has 1 saturated heterocycles. The highest BCUT2D eigenvalue weighted by atomic mass is 16.5. The number of aromatic nitrogens is 1. The van der Waals surface area contributed by atoms with Gasteiger partial charge < -0.3 is 14.2 Å². The summed E-state index contributed by atoms with van der Waals surface area (Å²) in [7, 11) is 1.44. The molecule has 2 fully saturated rings. The third-order valence-electron chi connectivity index (χ3n) is 5.40. The van der Waals surface area contributed by atoms with E-state index in [9.17, 15) is 4.79 Å². The van der Waals surface area contributed by atoms with Crippen LogP contribution in [0.3, 0.4) is 0 Å². The van der Waals surface area contributed by atoms with Gasteiger partial charge in [-0.05, 0) is 37.2 Å². The van der Waals surface area contributed by atoms with Gasteiger partial charge in [0.05, 0.1) is 19.1 Å². The summed E-state index contributed by atoms with van der Waals surface area (Å²) in [6.07, 6.45) is 9.50. The molecule has 5 heteroatoms. The summed E-state index contributed by atoms with van der Waals surface area (Å²) in [5.74, 6) is 1.08. The Morgan fingerprint density at radius 3 is 2.62 bits per heavy atom. The minimum atomic E-state index is -0.637. The Kier molecular flexibility index (Phi) is 5.72. The lowest BCUT2D eigenvalue weighted by Crippen LogP contribution is -2.42. The quantitative estimate of drug-likeness (QED) is 0.774. The van der Waals surface area contributed by atoms with Gasteiger partial charge >= 0.3 is 5.97 Å². The number of nitrogens with zero attached hydrogens (tertiary/aromatic N) is 1. The normalized spacial score (nSPS) is 21.2. The van der Waals surface area contributed by atoms with Crippen LogP contribution in [0.25, 0.3) is 0 Å². The van der Waals surface area contributed by atoms with Crippen LogP contribution in [-0.4, -0.2) is 37.9 Å². The van der Waals surface area contributed by atoms with Gasteiger partial charge in [-0.1, -0.05) is 25.3 Å². The molecule has 2 heterocycles. The van der Waals surface area contributed by atoms with Gasteiger partial charge in [0.25, 0.3) is 0 Å². The number of rotatable bonds is 5. The van der Waals surface area contributed by atoms with E-state index >= 15 is 0 Å². The second-order valence-electron chi connectivity index (χ2n) is 6.89. The van der Waals surface area contributed by atoms with Crippen molar-refractivity contribution >= 4 is 5.97 Å². The number of pyridine rings is 1. The fourth-order valence-electron chi connectivity index (χ4n) is 3.83. The first-order valence-corrected chi connectivity index (χ1v) is 9.00. The van der Waals surface area contributed by atoms with E-state index in [-0.39, 0.29) is 5.97 Å². The van der Waals surface area contributed by atoms with E-state index in [1.54, 1.807) is 6.20 Å². The first-order valence-electron chi connectivity index (χ1n) is 9.00. The van der Waals surface area contributed by atoms with Crippen LogP contribution >= 0.6 is 0 Å². The van der Waals surface area contributed by atoms with Crippen molar-refractivity contribution in [1.29, 1.82) is 0 Å². The molecule has 24 heavy (non-hydrogen) atoms. The summed E-state index contributed by atoms with van der Waals surface area (Å²) in [5, 5.41) is 0. The van der Waals surface area contributed by atoms with E-state index in [0.717, 1.165) is 12.2 Å². The number of ether oxygens (including phenoxy) is 3. The smallest absolute Gasteiger partial charge is 0.316 e. The molecule has 0 bridgehead atoms. The largest absolute Gasteiger partial charge is 0.477 e. The summed E-state index contributed by atoms with van der Waals surface area (Å²) in [5.41, 5.74) is 0.254. The molecule has 132 valence electrons. The lowest BCUT2D eigenvalue weighted by molar-refractivity contribution is -0.151. The molecule has 1 aliphatic heterocycles. The Hall–Kier alpha value is -1.62. The number of carbonyl (C=O) groups is 1. The summed E-state index contributed by atoms with van der Waals surface area (Å²) in [6, 6.07) is 3.82. The molecule has 1 aromatic heterocycles. The number of carbonyl (C=O) groups excluding carboxylic acids is 1. The van der Waals surface area contributed by atoms with Gasteiger partial charge in [0.2, 0.25) is 5.88 Å². The van der Waals surface area contributed by atoms with Crippen LogP contribution < -0.4 is 4.74 Å². The maximum absolute atomic E-state index is 12.4. The molecular formula is C19H27NO4. The van der Waals surface area contributed by atoms with Gasteiger partial charge in [-0.3, -0.25) is 4.79 Å². The molecule has 5 nitrogen and oxygen atoms in total. The first kappa shape index (κ1) is 17.2. The Morgan fingerprint density at radius 1 is 1.25 bits per heavy atom. The predicted molar refractivity (Wildman–Crippen MR) is 90.1 cm³/mol. The molecule has 3 rings (SSSR count). The summed E-state index contributed by atoms with van der Waals surface area (Å²) in [4.78, 5) is 16.8. The van der Waals surface area contributed by atoms with Gasteiger partial charge in [-0.15, -0.1) is 0 Å². The van der Waals surface area contributed by atoms with Crippen LogP contribution in [0.5, 0.6) is 5.88 Å². The molecule has 0 radical (unpaired) electrons. The van der Waals surface area contributed by atoms with Crippen LogP contribution in [0.15, 0.2) is 18.3 Å². The topological polar surface area (TPSA) is 57.7 Å². The molecule has 1 saturated carbocycles. The van der Waals surface area contributed by atoms with Gasteiger partial charge in [-0.2, -0.15) is 0 Å². The van der Waals surface area contributed by atoms with Crippen molar-refractivity contribution in [2.75, 3.05) is 26.9 Å². The molecule has 0 N–H and O–H groups in total. The van der Waals surface area contributed by atoms with Crippen molar-refractivity contribution in [3.63, 3.8) is 0 Å². The van der Waals surface area contributed by atoms with Crippen LogP contribution in [-0.2, 0) is 19.7 Å². The third-order valence-corrected chi connectivity index (χ3v) is 5.40. The Morgan fingerprint density at radius 2 is 2.00 bits per heavy atom.